The maximum absolute atomic E-state index is 12.3. The first-order valence-corrected chi connectivity index (χ1v) is 10.8. The van der Waals surface area contributed by atoms with Crippen molar-refractivity contribution >= 4 is 39.6 Å². The average Bonchev–Trinajstić information content (AvgIpc) is 2.58. The quantitative estimate of drug-likeness (QED) is 0.300. The smallest absolute Gasteiger partial charge is 0.309 e. The third kappa shape index (κ3) is 6.09. The number of hydrogen-bond acceptors (Lipinski definition) is 5. The molecule has 0 amide bonds. The van der Waals surface area contributed by atoms with Crippen LogP contribution in [0.1, 0.15) is 35.6 Å². The molecule has 6 nitrogen and oxygen atoms in total. The number of rotatable bonds is 10. The molecule has 142 valence electrons. The van der Waals surface area contributed by atoms with Crippen LogP contribution in [-0.2, 0) is 45.0 Å². The van der Waals surface area contributed by atoms with E-state index in [9.17, 15) is 18.3 Å². The Balaban J connectivity index is 3.06. The molecular formula is C16H27B3O6S. The molecule has 26 heavy (non-hydrogen) atoms. The number of phenols is 1. The normalized spacial score (nSPS) is 12.7. The lowest BCUT2D eigenvalue weighted by atomic mass is 9.78. The minimum atomic E-state index is -4.16. The van der Waals surface area contributed by atoms with Gasteiger partial charge in [0.15, 0.2) is 0 Å². The fraction of sp³-hybridized carbons (Fsp3) is 0.562. The van der Waals surface area contributed by atoms with Gasteiger partial charge < -0.3 is 9.84 Å². The van der Waals surface area contributed by atoms with E-state index in [4.69, 9.17) is 9.29 Å². The lowest BCUT2D eigenvalue weighted by molar-refractivity contribution is -0.148. The van der Waals surface area contributed by atoms with Gasteiger partial charge in [-0.25, -0.2) is 0 Å². The molecule has 0 radical (unpaired) electrons. The predicted molar refractivity (Wildman–Crippen MR) is 110 cm³/mol. The van der Waals surface area contributed by atoms with Gasteiger partial charge in [0, 0.05) is 0 Å². The van der Waals surface area contributed by atoms with Crippen molar-refractivity contribution in [1.29, 1.82) is 0 Å². The first kappa shape index (κ1) is 22.6. The van der Waals surface area contributed by atoms with E-state index in [1.54, 1.807) is 0 Å². The summed E-state index contributed by atoms with van der Waals surface area (Å²) in [7, 11) is 1.86. The van der Waals surface area contributed by atoms with Gasteiger partial charge in [-0.3, -0.25) is 9.35 Å². The summed E-state index contributed by atoms with van der Waals surface area (Å²) >= 11 is 0. The second-order valence-corrected chi connectivity index (χ2v) is 7.90. The van der Waals surface area contributed by atoms with E-state index < -0.39 is 27.8 Å². The Morgan fingerprint density at radius 2 is 1.77 bits per heavy atom. The Labute approximate surface area is 158 Å². The lowest BCUT2D eigenvalue weighted by Gasteiger charge is -2.21. The first-order valence-electron chi connectivity index (χ1n) is 9.15. The molecule has 1 aromatic rings. The Bertz CT molecular complexity index is 736. The molecule has 0 aliphatic carbocycles. The fourth-order valence-electron chi connectivity index (χ4n) is 3.12. The van der Waals surface area contributed by atoms with Crippen LogP contribution in [0, 0.1) is 5.92 Å². The first-order chi connectivity index (χ1) is 12.2. The number of benzene rings is 1. The summed E-state index contributed by atoms with van der Waals surface area (Å²) < 4.78 is 35.2. The zero-order valence-corrected chi connectivity index (χ0v) is 16.9. The van der Waals surface area contributed by atoms with E-state index in [1.807, 2.05) is 36.5 Å². The van der Waals surface area contributed by atoms with E-state index >= 15 is 0 Å². The van der Waals surface area contributed by atoms with Crippen LogP contribution in [0.2, 0.25) is 0 Å². The molecule has 0 saturated carbocycles. The summed E-state index contributed by atoms with van der Waals surface area (Å²) in [6, 6.07) is 2.00. The van der Waals surface area contributed by atoms with Crippen molar-refractivity contribution in [1.82, 2.24) is 0 Å². The van der Waals surface area contributed by atoms with E-state index in [0.717, 1.165) is 34.9 Å². The van der Waals surface area contributed by atoms with Crippen LogP contribution < -0.4 is 0 Å². The van der Waals surface area contributed by atoms with Crippen LogP contribution in [0.25, 0.3) is 0 Å². The van der Waals surface area contributed by atoms with Gasteiger partial charge in [-0.15, -0.1) is 0 Å². The number of aromatic hydroxyl groups is 1. The molecule has 0 spiro atoms. The lowest BCUT2D eigenvalue weighted by Crippen LogP contribution is -2.23. The maximum Gasteiger partial charge on any atom is 0.309 e. The molecule has 0 aliphatic heterocycles. The van der Waals surface area contributed by atoms with Crippen LogP contribution in [0.15, 0.2) is 6.07 Å². The van der Waals surface area contributed by atoms with Gasteiger partial charge in [0.2, 0.25) is 0 Å². The second-order valence-electron chi connectivity index (χ2n) is 6.32. The van der Waals surface area contributed by atoms with Gasteiger partial charge in [0.1, 0.15) is 41.6 Å². The molecule has 2 N–H and O–H groups in total. The molecule has 0 heterocycles. The van der Waals surface area contributed by atoms with Gasteiger partial charge in [-0.2, -0.15) is 8.42 Å². The number of esters is 1. The van der Waals surface area contributed by atoms with Crippen LogP contribution in [0.4, 0.5) is 0 Å². The molecule has 1 aromatic carbocycles. The average molecular weight is 380 g/mol. The Hall–Kier alpha value is -1.41. The number of hydrogen-bond donors (Lipinski definition) is 2. The highest BCUT2D eigenvalue weighted by Gasteiger charge is 2.23. The summed E-state index contributed by atoms with van der Waals surface area (Å²) in [6.45, 7) is 1.50. The molecule has 1 atom stereocenters. The number of phenolic OH excluding ortho intramolecular Hbond substituents is 1. The van der Waals surface area contributed by atoms with E-state index in [-0.39, 0.29) is 6.61 Å². The molecule has 0 bridgehead atoms. The van der Waals surface area contributed by atoms with Crippen molar-refractivity contribution in [3.63, 3.8) is 0 Å². The third-order valence-electron chi connectivity index (χ3n) is 4.67. The monoisotopic (exact) mass is 380 g/mol. The van der Waals surface area contributed by atoms with Gasteiger partial charge in [0.25, 0.3) is 10.1 Å². The van der Waals surface area contributed by atoms with Gasteiger partial charge in [0.05, 0.1) is 5.92 Å². The molecule has 0 aromatic heterocycles. The number of ether oxygens (including phenoxy) is 1. The minimum Gasteiger partial charge on any atom is -0.507 e. The molecule has 1 unspecified atom stereocenters. The van der Waals surface area contributed by atoms with Gasteiger partial charge in [-0.05, 0) is 29.5 Å². The highest BCUT2D eigenvalue weighted by Crippen LogP contribution is 2.32. The van der Waals surface area contributed by atoms with Crippen LogP contribution in [0.3, 0.4) is 0 Å². The molecule has 0 fully saturated rings. The van der Waals surface area contributed by atoms with Gasteiger partial charge >= 0.3 is 5.97 Å². The van der Waals surface area contributed by atoms with Crippen molar-refractivity contribution in [3.05, 3.63) is 28.3 Å². The van der Waals surface area contributed by atoms with E-state index in [1.165, 1.54) is 0 Å². The zero-order chi connectivity index (χ0) is 19.9. The van der Waals surface area contributed by atoms with E-state index in [2.05, 4.69) is 0 Å². The molecular weight excluding hydrogens is 353 g/mol. The zero-order valence-electron chi connectivity index (χ0n) is 16.0. The van der Waals surface area contributed by atoms with E-state index in [0.29, 0.717) is 24.9 Å². The summed E-state index contributed by atoms with van der Waals surface area (Å²) in [5, 5.41) is 10.5. The van der Waals surface area contributed by atoms with Crippen LogP contribution in [-0.4, -0.2) is 59.9 Å². The Kier molecular flexibility index (Phi) is 8.76. The minimum absolute atomic E-state index is 0.303. The fourth-order valence-corrected chi connectivity index (χ4v) is 3.42. The highest BCUT2D eigenvalue weighted by molar-refractivity contribution is 7.85. The summed E-state index contributed by atoms with van der Waals surface area (Å²) in [6.07, 6.45) is 3.17. The number of carbonyl (C=O) groups excluding carboxylic acids is 1. The summed E-state index contributed by atoms with van der Waals surface area (Å²) in [5.74, 6) is -1.23. The predicted octanol–water partition coefficient (Wildman–Crippen LogP) is -1.21. The topological polar surface area (TPSA) is 101 Å². The third-order valence-corrected chi connectivity index (χ3v) is 5.35. The second kappa shape index (κ2) is 10.1. The molecule has 10 heteroatoms. The highest BCUT2D eigenvalue weighted by atomic mass is 32.2. The SMILES string of the molecule is BCc1cc(CB)c(CC(CC)C(=O)OCCS(=O)(=O)O)c(CB)c1O. The maximum atomic E-state index is 12.3. The van der Waals surface area contributed by atoms with Crippen molar-refractivity contribution in [2.24, 2.45) is 5.92 Å². The van der Waals surface area contributed by atoms with Crippen molar-refractivity contribution in [3.8, 4) is 5.75 Å². The van der Waals surface area contributed by atoms with Crippen molar-refractivity contribution < 1.29 is 27.6 Å². The van der Waals surface area contributed by atoms with Gasteiger partial charge in [-0.1, -0.05) is 37.5 Å². The summed E-state index contributed by atoms with van der Waals surface area (Å²) in [4.78, 5) is 12.3. The standard InChI is InChI=1S/C16H27B3O6S/c1-2-10(16(21)25-3-4-26(22,23)24)6-13-11(7-17)5-12(8-18)15(20)14(13)9-19/h5,10,20H,2-4,6-9,17-19H2,1H3,(H,22,23,24). The Morgan fingerprint density at radius 1 is 1.15 bits per heavy atom. The van der Waals surface area contributed by atoms with Crippen LogP contribution >= 0.6 is 0 Å². The van der Waals surface area contributed by atoms with Crippen molar-refractivity contribution in [2.75, 3.05) is 12.4 Å². The largest absolute Gasteiger partial charge is 0.507 e. The molecule has 0 aliphatic rings. The Morgan fingerprint density at radius 3 is 2.23 bits per heavy atom. The van der Waals surface area contributed by atoms with Crippen LogP contribution in [0.5, 0.6) is 5.75 Å². The molecule has 1 rings (SSSR count). The molecule has 0 saturated heterocycles. The van der Waals surface area contributed by atoms with Crippen molar-refractivity contribution in [2.45, 2.75) is 38.7 Å². The summed E-state index contributed by atoms with van der Waals surface area (Å²) in [5.41, 5.74) is 3.86. The number of carbonyl (C=O) groups is 1.